The molecule has 0 fully saturated rings. The zero-order valence-electron chi connectivity index (χ0n) is 5.96. The number of ether oxygens (including phenoxy) is 2. The van der Waals surface area contributed by atoms with Crippen molar-refractivity contribution in [2.45, 2.75) is 19.8 Å². The van der Waals surface area contributed by atoms with Crippen LogP contribution in [-0.2, 0) is 9.47 Å². The lowest BCUT2D eigenvalue weighted by Gasteiger charge is -2.12. The normalized spacial score (nSPS) is 12.0. The SMILES string of the molecule is CCOC(OCC)[SiH2]S. The molecular formula is C5H14O2SSi. The second kappa shape index (κ2) is 6.60. The second-order valence-corrected chi connectivity index (χ2v) is 3.65. The maximum atomic E-state index is 5.19. The minimum Gasteiger partial charge on any atom is -0.356 e. The molecule has 0 amide bonds. The monoisotopic (exact) mass is 166 g/mol. The molecule has 0 aromatic rings. The van der Waals surface area contributed by atoms with Gasteiger partial charge in [0.05, 0.1) is 0 Å². The third-order valence-corrected chi connectivity index (χ3v) is 2.52. The molecule has 2 nitrogen and oxygen atoms in total. The zero-order chi connectivity index (χ0) is 7.11. The molecular weight excluding hydrogens is 152 g/mol. The average molecular weight is 166 g/mol. The van der Waals surface area contributed by atoms with Gasteiger partial charge in [-0.2, -0.15) is 0 Å². The molecule has 0 bridgehead atoms. The number of thiol groups is 1. The van der Waals surface area contributed by atoms with Gasteiger partial charge >= 0.3 is 0 Å². The first-order valence-corrected chi connectivity index (χ1v) is 6.53. The fraction of sp³-hybridized carbons (Fsp3) is 1.00. The van der Waals surface area contributed by atoms with E-state index in [9.17, 15) is 0 Å². The Morgan fingerprint density at radius 3 is 2.00 bits per heavy atom. The van der Waals surface area contributed by atoms with Crippen LogP contribution in [0.1, 0.15) is 13.8 Å². The Morgan fingerprint density at radius 2 is 1.78 bits per heavy atom. The summed E-state index contributed by atoms with van der Waals surface area (Å²) in [5, 5.41) is 0. The summed E-state index contributed by atoms with van der Waals surface area (Å²) < 4.78 is 10.4. The molecule has 9 heavy (non-hydrogen) atoms. The third kappa shape index (κ3) is 4.96. The van der Waals surface area contributed by atoms with Crippen LogP contribution in [0.4, 0.5) is 0 Å². The Labute approximate surface area is 63.8 Å². The van der Waals surface area contributed by atoms with Crippen molar-refractivity contribution in [2.24, 2.45) is 0 Å². The van der Waals surface area contributed by atoms with Gasteiger partial charge in [-0.05, 0) is 13.8 Å². The third-order valence-electron chi connectivity index (χ3n) is 0.854. The van der Waals surface area contributed by atoms with Gasteiger partial charge in [-0.1, -0.05) is 0 Å². The Bertz CT molecular complexity index is 56.9. The van der Waals surface area contributed by atoms with Crippen LogP contribution < -0.4 is 0 Å². The van der Waals surface area contributed by atoms with Gasteiger partial charge in [0.15, 0.2) is 0 Å². The molecule has 0 N–H and O–H groups in total. The van der Waals surface area contributed by atoms with Gasteiger partial charge in [0.25, 0.3) is 0 Å². The maximum Gasteiger partial charge on any atom is 0.147 e. The van der Waals surface area contributed by atoms with Crippen LogP contribution in [0.5, 0.6) is 0 Å². The van der Waals surface area contributed by atoms with E-state index in [0.29, 0.717) is 0 Å². The largest absolute Gasteiger partial charge is 0.356 e. The van der Waals surface area contributed by atoms with Crippen LogP contribution in [0.25, 0.3) is 0 Å². The van der Waals surface area contributed by atoms with Crippen molar-refractivity contribution in [3.63, 3.8) is 0 Å². The van der Waals surface area contributed by atoms with Crippen molar-refractivity contribution in [3.8, 4) is 0 Å². The van der Waals surface area contributed by atoms with Gasteiger partial charge in [0.2, 0.25) is 0 Å². The van der Waals surface area contributed by atoms with Gasteiger partial charge in [0.1, 0.15) is 14.6 Å². The van der Waals surface area contributed by atoms with Gasteiger partial charge in [-0.25, -0.2) is 12.1 Å². The topological polar surface area (TPSA) is 18.5 Å². The van der Waals surface area contributed by atoms with Crippen LogP contribution in [-0.4, -0.2) is 27.8 Å². The van der Waals surface area contributed by atoms with E-state index in [1.165, 1.54) is 0 Å². The molecule has 0 aliphatic carbocycles. The Balaban J connectivity index is 3.18. The zero-order valence-corrected chi connectivity index (χ0v) is 8.27. The Hall–Kier alpha value is 0.487. The molecule has 0 aromatic heterocycles. The maximum absolute atomic E-state index is 5.19. The fourth-order valence-electron chi connectivity index (χ4n) is 0.525. The molecule has 0 rings (SSSR count). The molecule has 4 heteroatoms. The smallest absolute Gasteiger partial charge is 0.147 e. The summed E-state index contributed by atoms with van der Waals surface area (Å²) in [6.07, 6.45) is 0. The highest BCUT2D eigenvalue weighted by Gasteiger charge is 2.02. The molecule has 0 saturated heterocycles. The standard InChI is InChI=1S/C5H14O2SSi/c1-3-6-5(9-8)7-4-2/h5,8H,3-4,9H2,1-2H3. The number of hydrogen-bond donors (Lipinski definition) is 1. The lowest BCUT2D eigenvalue weighted by atomic mass is 10.9. The van der Waals surface area contributed by atoms with E-state index >= 15 is 0 Å². The van der Waals surface area contributed by atoms with E-state index in [1.54, 1.807) is 0 Å². The van der Waals surface area contributed by atoms with Gasteiger partial charge in [-0.15, -0.1) is 0 Å². The minimum absolute atomic E-state index is 0.0170. The van der Waals surface area contributed by atoms with Crippen LogP contribution in [0.3, 0.4) is 0 Å². The first-order chi connectivity index (χ1) is 4.35. The number of rotatable bonds is 5. The van der Waals surface area contributed by atoms with E-state index in [1.807, 2.05) is 13.8 Å². The molecule has 0 unspecified atom stereocenters. The van der Waals surface area contributed by atoms with Gasteiger partial charge < -0.3 is 9.47 Å². The molecule has 0 aromatic carbocycles. The second-order valence-electron chi connectivity index (χ2n) is 1.52. The molecule has 0 aliphatic rings. The quantitative estimate of drug-likeness (QED) is 0.361. The molecule has 0 heterocycles. The summed E-state index contributed by atoms with van der Waals surface area (Å²) in [6, 6.07) is 0. The van der Waals surface area contributed by atoms with E-state index in [4.69, 9.17) is 9.47 Å². The first kappa shape index (κ1) is 9.49. The molecule has 0 spiro atoms. The molecule has 0 atom stereocenters. The summed E-state index contributed by atoms with van der Waals surface area (Å²) in [7, 11) is -0.444. The molecule has 0 aliphatic heterocycles. The summed E-state index contributed by atoms with van der Waals surface area (Å²) in [6.45, 7) is 5.37. The lowest BCUT2D eigenvalue weighted by molar-refractivity contribution is -0.0808. The predicted molar refractivity (Wildman–Crippen MR) is 44.6 cm³/mol. The molecule has 0 saturated carbocycles. The van der Waals surface area contributed by atoms with Crippen LogP contribution in [0.2, 0.25) is 0 Å². The first-order valence-electron chi connectivity index (χ1n) is 3.19. The van der Waals surface area contributed by atoms with Crippen LogP contribution in [0.15, 0.2) is 0 Å². The van der Waals surface area contributed by atoms with Gasteiger partial charge in [-0.3, -0.25) is 0 Å². The Kier molecular flexibility index (Phi) is 6.96. The van der Waals surface area contributed by atoms with Crippen LogP contribution >= 0.6 is 12.1 Å². The van der Waals surface area contributed by atoms with E-state index in [0.717, 1.165) is 13.2 Å². The van der Waals surface area contributed by atoms with Crippen molar-refractivity contribution in [3.05, 3.63) is 0 Å². The average Bonchev–Trinajstić information content (AvgIpc) is 1.88. The van der Waals surface area contributed by atoms with Crippen LogP contribution in [0, 0.1) is 0 Å². The van der Waals surface area contributed by atoms with E-state index in [-0.39, 0.29) is 5.91 Å². The van der Waals surface area contributed by atoms with Crippen molar-refractivity contribution in [1.82, 2.24) is 0 Å². The summed E-state index contributed by atoms with van der Waals surface area (Å²) in [4.78, 5) is 0. The van der Waals surface area contributed by atoms with Crippen molar-refractivity contribution in [2.75, 3.05) is 13.2 Å². The van der Waals surface area contributed by atoms with Gasteiger partial charge in [0, 0.05) is 13.2 Å². The van der Waals surface area contributed by atoms with Crippen molar-refractivity contribution >= 4 is 20.7 Å². The number of hydrogen-bond acceptors (Lipinski definition) is 3. The summed E-state index contributed by atoms with van der Waals surface area (Å²) in [5.74, 6) is 0.0170. The highest BCUT2D eigenvalue weighted by Crippen LogP contribution is 1.93. The highest BCUT2D eigenvalue weighted by atomic mass is 32.3. The lowest BCUT2D eigenvalue weighted by Crippen LogP contribution is -2.21. The van der Waals surface area contributed by atoms with Crippen molar-refractivity contribution in [1.29, 1.82) is 0 Å². The predicted octanol–water partition coefficient (Wildman–Crippen LogP) is 0.357. The Morgan fingerprint density at radius 1 is 1.33 bits per heavy atom. The van der Waals surface area contributed by atoms with E-state index < -0.39 is 8.67 Å². The highest BCUT2D eigenvalue weighted by molar-refractivity contribution is 8.06. The van der Waals surface area contributed by atoms with Crippen molar-refractivity contribution < 1.29 is 9.47 Å². The minimum atomic E-state index is -0.444. The summed E-state index contributed by atoms with van der Waals surface area (Å²) >= 11 is 4.17. The molecule has 0 radical (unpaired) electrons. The molecule has 56 valence electrons. The summed E-state index contributed by atoms with van der Waals surface area (Å²) in [5.41, 5.74) is 0. The van der Waals surface area contributed by atoms with E-state index in [2.05, 4.69) is 12.1 Å². The fourth-order valence-corrected chi connectivity index (χ4v) is 1.84.